The summed E-state index contributed by atoms with van der Waals surface area (Å²) in [5.41, 5.74) is 1.84. The van der Waals surface area contributed by atoms with Crippen LogP contribution in [-0.4, -0.2) is 62.9 Å². The molecule has 1 fully saturated rings. The maximum Gasteiger partial charge on any atom is 0.241 e. The summed E-state index contributed by atoms with van der Waals surface area (Å²) >= 11 is 5.78. The summed E-state index contributed by atoms with van der Waals surface area (Å²) in [7, 11) is 0. The van der Waals surface area contributed by atoms with E-state index in [0.29, 0.717) is 18.2 Å². The molecule has 0 radical (unpaired) electrons. The Balaban J connectivity index is 1.43. The topological polar surface area (TPSA) is 85.2 Å². The lowest BCUT2D eigenvalue weighted by atomic mass is 10.2. The molecule has 3 heterocycles. The van der Waals surface area contributed by atoms with Crippen LogP contribution in [-0.2, 0) is 22.6 Å². The highest BCUT2D eigenvalue weighted by Crippen LogP contribution is 2.09. The standard InChI is InChI=1S/C16H21ClN6O2/c1-12-4-19-14(6-18-12)9-22-2-3-25-15(10-22)7-20-16(24)11-23-8-13(17)5-21-23/h4-6,8,15H,2-3,7,9-11H2,1H3,(H,20,24). The Morgan fingerprint density at radius 2 is 2.28 bits per heavy atom. The zero-order chi connectivity index (χ0) is 17.6. The van der Waals surface area contributed by atoms with Gasteiger partial charge in [0.05, 0.1) is 35.3 Å². The van der Waals surface area contributed by atoms with E-state index >= 15 is 0 Å². The number of carbonyl (C=O) groups excluding carboxylic acids is 1. The van der Waals surface area contributed by atoms with Crippen molar-refractivity contribution >= 4 is 17.5 Å². The van der Waals surface area contributed by atoms with Crippen LogP contribution in [0.1, 0.15) is 11.4 Å². The largest absolute Gasteiger partial charge is 0.374 e. The molecule has 1 atom stereocenters. The van der Waals surface area contributed by atoms with Gasteiger partial charge in [-0.2, -0.15) is 5.10 Å². The molecule has 25 heavy (non-hydrogen) atoms. The maximum absolute atomic E-state index is 12.0. The molecule has 1 N–H and O–H groups in total. The van der Waals surface area contributed by atoms with Crippen LogP contribution < -0.4 is 5.32 Å². The monoisotopic (exact) mass is 364 g/mol. The predicted molar refractivity (Wildman–Crippen MR) is 92.0 cm³/mol. The smallest absolute Gasteiger partial charge is 0.241 e. The molecule has 9 heteroatoms. The van der Waals surface area contributed by atoms with Gasteiger partial charge < -0.3 is 10.1 Å². The van der Waals surface area contributed by atoms with Gasteiger partial charge in [-0.15, -0.1) is 0 Å². The van der Waals surface area contributed by atoms with Crippen LogP contribution in [0, 0.1) is 6.92 Å². The van der Waals surface area contributed by atoms with E-state index in [2.05, 4.69) is 25.3 Å². The SMILES string of the molecule is Cc1cnc(CN2CCOC(CNC(=O)Cn3cc(Cl)cn3)C2)cn1. The molecule has 1 aliphatic rings. The number of rotatable bonds is 6. The Labute approximate surface area is 151 Å². The number of hydrogen-bond donors (Lipinski definition) is 1. The summed E-state index contributed by atoms with van der Waals surface area (Å²) in [6, 6.07) is 0. The Kier molecular flexibility index (Phi) is 5.95. The van der Waals surface area contributed by atoms with Crippen molar-refractivity contribution in [3.05, 3.63) is 41.2 Å². The van der Waals surface area contributed by atoms with Crippen LogP contribution in [0.5, 0.6) is 0 Å². The van der Waals surface area contributed by atoms with Crippen LogP contribution in [0.25, 0.3) is 0 Å². The molecule has 1 unspecified atom stereocenters. The number of ether oxygens (including phenoxy) is 1. The molecular formula is C16H21ClN6O2. The minimum absolute atomic E-state index is 0.0442. The molecule has 0 aliphatic carbocycles. The third-order valence-corrected chi connectivity index (χ3v) is 4.07. The fourth-order valence-electron chi connectivity index (χ4n) is 2.63. The summed E-state index contributed by atoms with van der Waals surface area (Å²) in [5, 5.41) is 7.38. The second kappa shape index (κ2) is 8.37. The summed E-state index contributed by atoms with van der Waals surface area (Å²) in [5.74, 6) is -0.120. The van der Waals surface area contributed by atoms with Gasteiger partial charge in [0, 0.05) is 44.8 Å². The molecule has 1 aliphatic heterocycles. The Morgan fingerprint density at radius 3 is 3.00 bits per heavy atom. The summed E-state index contributed by atoms with van der Waals surface area (Å²) in [6.07, 6.45) is 6.65. The van der Waals surface area contributed by atoms with E-state index < -0.39 is 0 Å². The predicted octanol–water partition coefficient (Wildman–Crippen LogP) is 0.652. The lowest BCUT2D eigenvalue weighted by Gasteiger charge is -2.32. The Morgan fingerprint density at radius 1 is 1.40 bits per heavy atom. The molecule has 1 amide bonds. The highest BCUT2D eigenvalue weighted by Gasteiger charge is 2.21. The summed E-state index contributed by atoms with van der Waals surface area (Å²) in [4.78, 5) is 22.9. The first-order valence-corrected chi connectivity index (χ1v) is 8.52. The average molecular weight is 365 g/mol. The van der Waals surface area contributed by atoms with Crippen molar-refractivity contribution in [3.8, 4) is 0 Å². The summed E-state index contributed by atoms with van der Waals surface area (Å²) in [6.45, 7) is 5.46. The molecule has 2 aromatic rings. The molecule has 1 saturated heterocycles. The number of hydrogen-bond acceptors (Lipinski definition) is 6. The fourth-order valence-corrected chi connectivity index (χ4v) is 2.79. The molecule has 134 valence electrons. The first kappa shape index (κ1) is 17.8. The van der Waals surface area contributed by atoms with Gasteiger partial charge in [-0.1, -0.05) is 11.6 Å². The number of morpholine rings is 1. The van der Waals surface area contributed by atoms with Crippen LogP contribution in [0.2, 0.25) is 5.02 Å². The second-order valence-electron chi connectivity index (χ2n) is 6.04. The fraction of sp³-hybridized carbons (Fsp3) is 0.500. The molecular weight excluding hydrogens is 344 g/mol. The first-order valence-electron chi connectivity index (χ1n) is 8.14. The van der Waals surface area contributed by atoms with Gasteiger partial charge in [-0.3, -0.25) is 24.3 Å². The highest BCUT2D eigenvalue weighted by atomic mass is 35.5. The lowest BCUT2D eigenvalue weighted by molar-refractivity contribution is -0.123. The van der Waals surface area contributed by atoms with Gasteiger partial charge in [0.15, 0.2) is 0 Å². The number of halogens is 1. The van der Waals surface area contributed by atoms with Gasteiger partial charge in [0.1, 0.15) is 6.54 Å². The van der Waals surface area contributed by atoms with Crippen molar-refractivity contribution in [1.82, 2.24) is 30.0 Å². The van der Waals surface area contributed by atoms with E-state index in [1.165, 1.54) is 10.9 Å². The van der Waals surface area contributed by atoms with Crippen molar-refractivity contribution in [1.29, 1.82) is 0 Å². The number of nitrogens with zero attached hydrogens (tertiary/aromatic N) is 5. The normalized spacial score (nSPS) is 18.2. The van der Waals surface area contributed by atoms with Gasteiger partial charge >= 0.3 is 0 Å². The minimum atomic E-state index is -0.120. The van der Waals surface area contributed by atoms with Crippen LogP contribution >= 0.6 is 11.6 Å². The molecule has 8 nitrogen and oxygen atoms in total. The van der Waals surface area contributed by atoms with E-state index in [-0.39, 0.29) is 18.6 Å². The third kappa shape index (κ3) is 5.48. The maximum atomic E-state index is 12.0. The molecule has 0 saturated carbocycles. The molecule has 0 bridgehead atoms. The van der Waals surface area contributed by atoms with Crippen molar-refractivity contribution in [2.45, 2.75) is 26.1 Å². The van der Waals surface area contributed by atoms with Gasteiger partial charge in [0.2, 0.25) is 5.91 Å². The molecule has 3 rings (SSSR count). The van der Waals surface area contributed by atoms with Crippen molar-refractivity contribution < 1.29 is 9.53 Å². The average Bonchev–Trinajstić information content (AvgIpc) is 3.00. The Bertz CT molecular complexity index is 705. The zero-order valence-electron chi connectivity index (χ0n) is 14.1. The number of carbonyl (C=O) groups is 1. The highest BCUT2D eigenvalue weighted by molar-refractivity contribution is 6.30. The van der Waals surface area contributed by atoms with Crippen molar-refractivity contribution in [2.24, 2.45) is 0 Å². The number of amides is 1. The van der Waals surface area contributed by atoms with Gasteiger partial charge in [-0.05, 0) is 6.92 Å². The number of aromatic nitrogens is 4. The van der Waals surface area contributed by atoms with Crippen molar-refractivity contribution in [3.63, 3.8) is 0 Å². The number of nitrogens with one attached hydrogen (secondary N) is 1. The van der Waals surface area contributed by atoms with Crippen LogP contribution in [0.4, 0.5) is 0 Å². The van der Waals surface area contributed by atoms with Crippen LogP contribution in [0.15, 0.2) is 24.8 Å². The van der Waals surface area contributed by atoms with E-state index in [4.69, 9.17) is 16.3 Å². The lowest BCUT2D eigenvalue weighted by Crippen LogP contribution is -2.47. The quantitative estimate of drug-likeness (QED) is 0.810. The first-order chi connectivity index (χ1) is 12.1. The Hall–Kier alpha value is -2.03. The van der Waals surface area contributed by atoms with Gasteiger partial charge in [0.25, 0.3) is 0 Å². The molecule has 0 aromatic carbocycles. The van der Waals surface area contributed by atoms with E-state index in [0.717, 1.165) is 31.0 Å². The minimum Gasteiger partial charge on any atom is -0.374 e. The van der Waals surface area contributed by atoms with E-state index in [9.17, 15) is 4.79 Å². The van der Waals surface area contributed by atoms with E-state index in [1.807, 2.05) is 6.92 Å². The van der Waals surface area contributed by atoms with Gasteiger partial charge in [-0.25, -0.2) is 0 Å². The zero-order valence-corrected chi connectivity index (χ0v) is 14.8. The molecule has 0 spiro atoms. The van der Waals surface area contributed by atoms with Crippen LogP contribution in [0.3, 0.4) is 0 Å². The van der Waals surface area contributed by atoms with Crippen molar-refractivity contribution in [2.75, 3.05) is 26.2 Å². The van der Waals surface area contributed by atoms with E-state index in [1.54, 1.807) is 18.6 Å². The summed E-state index contributed by atoms with van der Waals surface area (Å²) < 4.78 is 7.24. The second-order valence-corrected chi connectivity index (χ2v) is 6.47. The molecule has 2 aromatic heterocycles. The third-order valence-electron chi connectivity index (χ3n) is 3.88. The number of aryl methyl sites for hydroxylation is 1.